The monoisotopic (exact) mass is 377 g/mol. The Labute approximate surface area is 166 Å². The van der Waals surface area contributed by atoms with Crippen molar-refractivity contribution in [2.75, 3.05) is 13.2 Å². The van der Waals surface area contributed by atoms with Gasteiger partial charge in [0.2, 0.25) is 0 Å². The van der Waals surface area contributed by atoms with Crippen molar-refractivity contribution < 1.29 is 14.7 Å². The van der Waals surface area contributed by atoms with E-state index in [2.05, 4.69) is 51.0 Å². The molecule has 0 saturated heterocycles. The fourth-order valence-electron chi connectivity index (χ4n) is 3.26. The lowest BCUT2D eigenvalue weighted by Crippen LogP contribution is -2.16. The lowest BCUT2D eigenvalue weighted by Gasteiger charge is -2.23. The Morgan fingerprint density at radius 1 is 0.929 bits per heavy atom. The van der Waals surface area contributed by atoms with E-state index < -0.39 is 0 Å². The molecule has 0 heterocycles. The van der Waals surface area contributed by atoms with Gasteiger partial charge in [0.05, 0.1) is 6.21 Å². The minimum absolute atomic E-state index is 0.00694. The fraction of sp³-hybridized carbons (Fsp3) is 0.292. The molecule has 0 fully saturated rings. The lowest BCUT2D eigenvalue weighted by atomic mass is 9.86. The predicted molar refractivity (Wildman–Crippen MR) is 114 cm³/mol. The number of ether oxygens (including phenoxy) is 2. The molecule has 3 aromatic carbocycles. The topological polar surface area (TPSA) is 51.0 Å². The SMILES string of the molecule is Cc1ccc(C(C)(C)C)c(OCCOc2ccc3ccccc3c2C=NO)c1. The Balaban J connectivity index is 1.73. The molecule has 3 rings (SSSR count). The van der Waals surface area contributed by atoms with Crippen molar-refractivity contribution in [3.63, 3.8) is 0 Å². The average Bonchev–Trinajstić information content (AvgIpc) is 2.65. The molecule has 0 aliphatic rings. The Morgan fingerprint density at radius 2 is 1.64 bits per heavy atom. The number of hydrogen-bond acceptors (Lipinski definition) is 4. The summed E-state index contributed by atoms with van der Waals surface area (Å²) < 4.78 is 12.0. The first-order valence-electron chi connectivity index (χ1n) is 9.46. The van der Waals surface area contributed by atoms with Gasteiger partial charge in [0.15, 0.2) is 0 Å². The van der Waals surface area contributed by atoms with E-state index in [4.69, 9.17) is 14.7 Å². The van der Waals surface area contributed by atoms with E-state index in [0.717, 1.165) is 22.1 Å². The number of aryl methyl sites for hydroxylation is 1. The Hall–Kier alpha value is -3.01. The van der Waals surface area contributed by atoms with Crippen LogP contribution >= 0.6 is 0 Å². The number of hydrogen-bond donors (Lipinski definition) is 1. The van der Waals surface area contributed by atoms with Gasteiger partial charge in [0.1, 0.15) is 24.7 Å². The third-order valence-corrected chi connectivity index (χ3v) is 4.66. The van der Waals surface area contributed by atoms with Crippen LogP contribution in [-0.4, -0.2) is 24.6 Å². The maximum atomic E-state index is 9.05. The van der Waals surface area contributed by atoms with Crippen LogP contribution in [0.3, 0.4) is 0 Å². The van der Waals surface area contributed by atoms with E-state index in [1.54, 1.807) is 0 Å². The summed E-state index contributed by atoms with van der Waals surface area (Å²) in [6, 6.07) is 18.1. The van der Waals surface area contributed by atoms with Crippen LogP contribution in [0, 0.1) is 6.92 Å². The van der Waals surface area contributed by atoms with Gasteiger partial charge in [-0.3, -0.25) is 0 Å². The first-order chi connectivity index (χ1) is 13.4. The third-order valence-electron chi connectivity index (χ3n) is 4.66. The van der Waals surface area contributed by atoms with Gasteiger partial charge >= 0.3 is 0 Å². The quantitative estimate of drug-likeness (QED) is 0.259. The molecule has 0 radical (unpaired) electrons. The second-order valence-electron chi connectivity index (χ2n) is 7.89. The highest BCUT2D eigenvalue weighted by molar-refractivity contribution is 6.02. The minimum atomic E-state index is 0.00694. The van der Waals surface area contributed by atoms with E-state index in [1.165, 1.54) is 17.3 Å². The largest absolute Gasteiger partial charge is 0.490 e. The van der Waals surface area contributed by atoms with Gasteiger partial charge in [-0.2, -0.15) is 0 Å². The Morgan fingerprint density at radius 3 is 2.36 bits per heavy atom. The second kappa shape index (κ2) is 8.34. The fourth-order valence-corrected chi connectivity index (χ4v) is 3.26. The van der Waals surface area contributed by atoms with Crippen LogP contribution in [0.5, 0.6) is 11.5 Å². The zero-order chi connectivity index (χ0) is 20.1. The standard InChI is InChI=1S/C24H27NO3/c1-17-9-11-21(24(2,3)4)23(15-17)28-14-13-27-22-12-10-18-7-5-6-8-19(18)20(22)16-25-26/h5-12,15-16,26H,13-14H2,1-4H3. The van der Waals surface area contributed by atoms with Crippen molar-refractivity contribution in [3.8, 4) is 11.5 Å². The van der Waals surface area contributed by atoms with E-state index in [-0.39, 0.29) is 5.41 Å². The van der Waals surface area contributed by atoms with Crippen LogP contribution in [0.4, 0.5) is 0 Å². The molecule has 146 valence electrons. The first kappa shape index (κ1) is 19.7. The molecule has 0 aliphatic carbocycles. The molecule has 0 unspecified atom stereocenters. The highest BCUT2D eigenvalue weighted by atomic mass is 16.5. The van der Waals surface area contributed by atoms with E-state index in [0.29, 0.717) is 19.0 Å². The number of fused-ring (bicyclic) bond motifs is 1. The van der Waals surface area contributed by atoms with E-state index >= 15 is 0 Å². The molecule has 0 aliphatic heterocycles. The number of rotatable bonds is 6. The molecule has 0 spiro atoms. The van der Waals surface area contributed by atoms with Crippen LogP contribution in [0.2, 0.25) is 0 Å². The summed E-state index contributed by atoms with van der Waals surface area (Å²) in [5, 5.41) is 14.3. The van der Waals surface area contributed by atoms with E-state index in [9.17, 15) is 0 Å². The van der Waals surface area contributed by atoms with Gasteiger partial charge in [-0.1, -0.05) is 68.4 Å². The Kier molecular flexibility index (Phi) is 5.88. The molecule has 0 saturated carbocycles. The van der Waals surface area contributed by atoms with Crippen molar-refractivity contribution >= 4 is 17.0 Å². The summed E-state index contributed by atoms with van der Waals surface area (Å²) in [5.41, 5.74) is 3.11. The van der Waals surface area contributed by atoms with Crippen molar-refractivity contribution in [2.24, 2.45) is 5.16 Å². The third kappa shape index (κ3) is 4.45. The van der Waals surface area contributed by atoms with Crippen LogP contribution < -0.4 is 9.47 Å². The Bertz CT molecular complexity index is 987. The maximum Gasteiger partial charge on any atom is 0.129 e. The van der Waals surface area contributed by atoms with Gasteiger partial charge in [-0.25, -0.2) is 0 Å². The summed E-state index contributed by atoms with van der Waals surface area (Å²) >= 11 is 0. The highest BCUT2D eigenvalue weighted by Crippen LogP contribution is 2.32. The molecule has 0 bridgehead atoms. The molecule has 0 amide bonds. The lowest BCUT2D eigenvalue weighted by molar-refractivity contribution is 0.214. The molecular formula is C24H27NO3. The number of nitrogens with zero attached hydrogens (tertiary/aromatic N) is 1. The van der Waals surface area contributed by atoms with Gasteiger partial charge in [0.25, 0.3) is 0 Å². The molecule has 1 N–H and O–H groups in total. The van der Waals surface area contributed by atoms with Gasteiger partial charge < -0.3 is 14.7 Å². The van der Waals surface area contributed by atoms with Crippen LogP contribution in [-0.2, 0) is 5.41 Å². The summed E-state index contributed by atoms with van der Waals surface area (Å²) in [4.78, 5) is 0. The second-order valence-corrected chi connectivity index (χ2v) is 7.89. The average molecular weight is 377 g/mol. The van der Waals surface area contributed by atoms with Crippen molar-refractivity contribution in [2.45, 2.75) is 33.1 Å². The molecule has 4 nitrogen and oxygen atoms in total. The van der Waals surface area contributed by atoms with E-state index in [1.807, 2.05) is 36.4 Å². The molecule has 0 atom stereocenters. The van der Waals surface area contributed by atoms with Crippen LogP contribution in [0.25, 0.3) is 10.8 Å². The first-order valence-corrected chi connectivity index (χ1v) is 9.46. The summed E-state index contributed by atoms with van der Waals surface area (Å²) in [6.07, 6.45) is 1.41. The predicted octanol–water partition coefficient (Wildman–Crippen LogP) is 5.71. The van der Waals surface area contributed by atoms with Gasteiger partial charge in [-0.15, -0.1) is 0 Å². The zero-order valence-corrected chi connectivity index (χ0v) is 16.9. The van der Waals surface area contributed by atoms with Gasteiger partial charge in [0, 0.05) is 5.56 Å². The summed E-state index contributed by atoms with van der Waals surface area (Å²) in [5.74, 6) is 1.56. The van der Waals surface area contributed by atoms with Crippen molar-refractivity contribution in [1.82, 2.24) is 0 Å². The molecule has 28 heavy (non-hydrogen) atoms. The minimum Gasteiger partial charge on any atom is -0.490 e. The number of oxime groups is 1. The van der Waals surface area contributed by atoms with Gasteiger partial charge in [-0.05, 0) is 46.4 Å². The summed E-state index contributed by atoms with van der Waals surface area (Å²) in [6.45, 7) is 9.41. The smallest absolute Gasteiger partial charge is 0.129 e. The normalized spacial score (nSPS) is 11.9. The van der Waals surface area contributed by atoms with Crippen molar-refractivity contribution in [3.05, 3.63) is 71.3 Å². The van der Waals surface area contributed by atoms with Crippen molar-refractivity contribution in [1.29, 1.82) is 0 Å². The van der Waals surface area contributed by atoms with Crippen LogP contribution in [0.1, 0.15) is 37.5 Å². The summed E-state index contributed by atoms with van der Waals surface area (Å²) in [7, 11) is 0. The highest BCUT2D eigenvalue weighted by Gasteiger charge is 2.19. The number of benzene rings is 3. The molecule has 4 heteroatoms. The molecule has 0 aromatic heterocycles. The zero-order valence-electron chi connectivity index (χ0n) is 16.9. The maximum absolute atomic E-state index is 9.05. The molecule has 3 aromatic rings. The molecular weight excluding hydrogens is 350 g/mol. The van der Waals surface area contributed by atoms with Crippen LogP contribution in [0.15, 0.2) is 59.8 Å².